The maximum atomic E-state index is 12.5. The average molecular weight is 293 g/mol. The number of carbonyl (C=O) groups excluding carboxylic acids is 1. The van der Waals surface area contributed by atoms with Crippen LogP contribution in [0.3, 0.4) is 0 Å². The summed E-state index contributed by atoms with van der Waals surface area (Å²) in [4.78, 5) is 25.4. The summed E-state index contributed by atoms with van der Waals surface area (Å²) in [5, 5.41) is 13.5. The molecule has 0 spiro atoms. The van der Waals surface area contributed by atoms with E-state index in [1.165, 1.54) is 0 Å². The summed E-state index contributed by atoms with van der Waals surface area (Å²) in [6, 6.07) is 0. The molecule has 21 heavy (non-hydrogen) atoms. The van der Waals surface area contributed by atoms with Gasteiger partial charge in [0.05, 0.1) is 18.0 Å². The molecule has 0 aromatic carbocycles. The number of aryl methyl sites for hydroxylation is 2. The van der Waals surface area contributed by atoms with Gasteiger partial charge in [-0.2, -0.15) is 5.10 Å². The molecular weight excluding hydrogens is 270 g/mol. The number of nitrogens with zero attached hydrogens (tertiary/aromatic N) is 3. The highest BCUT2D eigenvalue weighted by atomic mass is 16.4. The molecule has 0 radical (unpaired) electrons. The van der Waals surface area contributed by atoms with Crippen LogP contribution >= 0.6 is 0 Å². The number of rotatable bonds is 3. The van der Waals surface area contributed by atoms with Crippen LogP contribution in [0.15, 0.2) is 0 Å². The normalized spacial score (nSPS) is 22.4. The summed E-state index contributed by atoms with van der Waals surface area (Å²) < 4.78 is 1.77. The highest BCUT2D eigenvalue weighted by Gasteiger charge is 2.32. The van der Waals surface area contributed by atoms with Gasteiger partial charge in [-0.15, -0.1) is 0 Å². The Kier molecular flexibility index (Phi) is 4.34. The highest BCUT2D eigenvalue weighted by molar-refractivity contribution is 5.80. The molecule has 116 valence electrons. The zero-order valence-electron chi connectivity index (χ0n) is 13.1. The molecule has 1 aliphatic rings. The zero-order valence-corrected chi connectivity index (χ0v) is 13.1. The minimum absolute atomic E-state index is 0.00741. The van der Waals surface area contributed by atoms with E-state index in [0.717, 1.165) is 17.0 Å². The summed E-state index contributed by atoms with van der Waals surface area (Å²) in [6.45, 7) is 6.80. The van der Waals surface area contributed by atoms with Gasteiger partial charge in [0.25, 0.3) is 0 Å². The van der Waals surface area contributed by atoms with Crippen molar-refractivity contribution in [3.05, 3.63) is 17.0 Å². The Balaban J connectivity index is 2.10. The fourth-order valence-electron chi connectivity index (χ4n) is 3.07. The van der Waals surface area contributed by atoms with E-state index in [2.05, 4.69) is 5.10 Å². The molecule has 6 heteroatoms. The summed E-state index contributed by atoms with van der Waals surface area (Å²) in [5.41, 5.74) is 2.80. The highest BCUT2D eigenvalue weighted by Crippen LogP contribution is 2.23. The van der Waals surface area contributed by atoms with Crippen LogP contribution in [0.4, 0.5) is 0 Å². The van der Waals surface area contributed by atoms with Gasteiger partial charge < -0.3 is 10.0 Å². The van der Waals surface area contributed by atoms with Gasteiger partial charge in [0, 0.05) is 31.4 Å². The SMILES string of the molecule is Cc1nn(C)c(C)c1CC(=O)N1CC(C)CC(C(=O)O)C1. The van der Waals surface area contributed by atoms with Gasteiger partial charge >= 0.3 is 5.97 Å². The van der Waals surface area contributed by atoms with Crippen LogP contribution in [0.1, 0.15) is 30.3 Å². The Labute approximate surface area is 124 Å². The molecule has 1 N–H and O–H groups in total. The number of aliphatic carboxylic acids is 1. The van der Waals surface area contributed by atoms with Gasteiger partial charge in [-0.25, -0.2) is 0 Å². The number of hydrogen-bond acceptors (Lipinski definition) is 3. The number of carboxylic acids is 1. The van der Waals surface area contributed by atoms with Crippen LogP contribution in [0.25, 0.3) is 0 Å². The van der Waals surface area contributed by atoms with Gasteiger partial charge in [-0.3, -0.25) is 14.3 Å². The zero-order chi connectivity index (χ0) is 15.7. The summed E-state index contributed by atoms with van der Waals surface area (Å²) in [5.74, 6) is -1.05. The predicted octanol–water partition coefficient (Wildman–Crippen LogP) is 1.15. The van der Waals surface area contributed by atoms with Crippen molar-refractivity contribution in [2.45, 2.75) is 33.6 Å². The standard InChI is InChI=1S/C15H23N3O3/c1-9-5-12(15(20)21)8-18(7-9)14(19)6-13-10(2)16-17(4)11(13)3/h9,12H,5-8H2,1-4H3,(H,20,21). The molecule has 2 atom stereocenters. The Morgan fingerprint density at radius 3 is 2.52 bits per heavy atom. The van der Waals surface area contributed by atoms with Crippen molar-refractivity contribution in [1.29, 1.82) is 0 Å². The number of amides is 1. The second kappa shape index (κ2) is 5.87. The Bertz CT molecular complexity index is 565. The molecule has 6 nitrogen and oxygen atoms in total. The van der Waals surface area contributed by atoms with Crippen molar-refractivity contribution in [2.24, 2.45) is 18.9 Å². The lowest BCUT2D eigenvalue weighted by Crippen LogP contribution is -2.46. The number of hydrogen-bond donors (Lipinski definition) is 1. The maximum Gasteiger partial charge on any atom is 0.308 e. The van der Waals surface area contributed by atoms with Crippen LogP contribution in [0.5, 0.6) is 0 Å². The van der Waals surface area contributed by atoms with E-state index in [1.807, 2.05) is 27.8 Å². The Morgan fingerprint density at radius 1 is 1.33 bits per heavy atom. The minimum atomic E-state index is -0.812. The van der Waals surface area contributed by atoms with E-state index in [9.17, 15) is 14.7 Å². The van der Waals surface area contributed by atoms with E-state index in [1.54, 1.807) is 9.58 Å². The first-order valence-electron chi connectivity index (χ1n) is 7.29. The number of carbonyl (C=O) groups is 2. The summed E-state index contributed by atoms with van der Waals surface area (Å²) in [6.07, 6.45) is 0.939. The number of piperidine rings is 1. The van der Waals surface area contributed by atoms with Gasteiger partial charge in [0.1, 0.15) is 0 Å². The maximum absolute atomic E-state index is 12.5. The first kappa shape index (κ1) is 15.5. The number of aromatic nitrogens is 2. The van der Waals surface area contributed by atoms with E-state index >= 15 is 0 Å². The van der Waals surface area contributed by atoms with Crippen LogP contribution in [-0.2, 0) is 23.1 Å². The molecule has 2 unspecified atom stereocenters. The average Bonchev–Trinajstić information content (AvgIpc) is 2.64. The van der Waals surface area contributed by atoms with Crippen LogP contribution in [0.2, 0.25) is 0 Å². The quantitative estimate of drug-likeness (QED) is 0.907. The van der Waals surface area contributed by atoms with Crippen LogP contribution < -0.4 is 0 Å². The third-order valence-corrected chi connectivity index (χ3v) is 4.35. The fraction of sp³-hybridized carbons (Fsp3) is 0.667. The minimum Gasteiger partial charge on any atom is -0.481 e. The number of carboxylic acid groups (broad SMARTS) is 1. The Morgan fingerprint density at radius 2 is 2.00 bits per heavy atom. The predicted molar refractivity (Wildman–Crippen MR) is 77.9 cm³/mol. The van der Waals surface area contributed by atoms with Gasteiger partial charge in [0.15, 0.2) is 0 Å². The molecule has 1 saturated heterocycles. The van der Waals surface area contributed by atoms with Crippen LogP contribution in [-0.4, -0.2) is 44.8 Å². The largest absolute Gasteiger partial charge is 0.481 e. The Hall–Kier alpha value is -1.85. The molecule has 1 aromatic heterocycles. The molecular formula is C15H23N3O3. The molecule has 1 fully saturated rings. The third kappa shape index (κ3) is 3.25. The lowest BCUT2D eigenvalue weighted by molar-refractivity contribution is -0.146. The first-order chi connectivity index (χ1) is 9.79. The first-order valence-corrected chi connectivity index (χ1v) is 7.29. The van der Waals surface area contributed by atoms with E-state index in [4.69, 9.17) is 0 Å². The van der Waals surface area contributed by atoms with E-state index < -0.39 is 11.9 Å². The van der Waals surface area contributed by atoms with Gasteiger partial charge in [0.2, 0.25) is 5.91 Å². The van der Waals surface area contributed by atoms with Crippen molar-refractivity contribution in [3.63, 3.8) is 0 Å². The number of likely N-dealkylation sites (tertiary alicyclic amines) is 1. The molecule has 2 heterocycles. The summed E-state index contributed by atoms with van der Waals surface area (Å²) >= 11 is 0. The topological polar surface area (TPSA) is 75.4 Å². The van der Waals surface area contributed by atoms with Crippen molar-refractivity contribution in [2.75, 3.05) is 13.1 Å². The molecule has 1 aliphatic heterocycles. The van der Waals surface area contributed by atoms with Crippen molar-refractivity contribution < 1.29 is 14.7 Å². The van der Waals surface area contributed by atoms with Crippen molar-refractivity contribution >= 4 is 11.9 Å². The second-order valence-electron chi connectivity index (χ2n) is 6.12. The lowest BCUT2D eigenvalue weighted by Gasteiger charge is -2.34. The van der Waals surface area contributed by atoms with Gasteiger partial charge in [-0.1, -0.05) is 6.92 Å². The molecule has 0 bridgehead atoms. The molecule has 0 saturated carbocycles. The fourth-order valence-corrected chi connectivity index (χ4v) is 3.07. The smallest absolute Gasteiger partial charge is 0.308 e. The third-order valence-electron chi connectivity index (χ3n) is 4.35. The van der Waals surface area contributed by atoms with E-state index in [0.29, 0.717) is 25.9 Å². The van der Waals surface area contributed by atoms with Crippen LogP contribution in [0, 0.1) is 25.7 Å². The van der Waals surface area contributed by atoms with Crippen molar-refractivity contribution in [3.8, 4) is 0 Å². The monoisotopic (exact) mass is 293 g/mol. The molecule has 0 aliphatic carbocycles. The molecule has 1 aromatic rings. The lowest BCUT2D eigenvalue weighted by atomic mass is 9.90. The van der Waals surface area contributed by atoms with Gasteiger partial charge in [-0.05, 0) is 26.2 Å². The van der Waals surface area contributed by atoms with Crippen molar-refractivity contribution in [1.82, 2.24) is 14.7 Å². The summed E-state index contributed by atoms with van der Waals surface area (Å²) in [7, 11) is 1.86. The van der Waals surface area contributed by atoms with E-state index in [-0.39, 0.29) is 11.8 Å². The molecule has 2 rings (SSSR count). The second-order valence-corrected chi connectivity index (χ2v) is 6.12. The molecule has 1 amide bonds.